The molecule has 0 spiro atoms. The molecule has 8 heteroatoms. The minimum absolute atomic E-state index is 0.0217. The summed E-state index contributed by atoms with van der Waals surface area (Å²) in [6.45, 7) is 4.23. The van der Waals surface area contributed by atoms with Gasteiger partial charge in [0.2, 0.25) is 11.8 Å². The summed E-state index contributed by atoms with van der Waals surface area (Å²) in [6, 6.07) is 16.5. The predicted octanol–water partition coefficient (Wildman–Crippen LogP) is 3.37. The lowest BCUT2D eigenvalue weighted by Gasteiger charge is -2.33. The van der Waals surface area contributed by atoms with E-state index in [4.69, 9.17) is 11.6 Å². The van der Waals surface area contributed by atoms with Gasteiger partial charge in [-0.2, -0.15) is 0 Å². The van der Waals surface area contributed by atoms with Crippen LogP contribution in [0.25, 0.3) is 0 Å². The summed E-state index contributed by atoms with van der Waals surface area (Å²) >= 11 is 6.03. The Morgan fingerprint density at radius 1 is 0.853 bits per heavy atom. The summed E-state index contributed by atoms with van der Waals surface area (Å²) in [6.07, 6.45) is 2.17. The maximum absolute atomic E-state index is 12.9. The number of halogens is 1. The summed E-state index contributed by atoms with van der Waals surface area (Å²) in [5.41, 5.74) is 1.39. The first-order valence-electron chi connectivity index (χ1n) is 11.9. The molecule has 0 atom stereocenters. The lowest BCUT2D eigenvalue weighted by molar-refractivity contribution is -0.135. The van der Waals surface area contributed by atoms with Crippen LogP contribution >= 0.6 is 11.6 Å². The monoisotopic (exact) mass is 482 g/mol. The number of carbonyl (C=O) groups is 3. The Balaban J connectivity index is 1.22. The molecule has 0 aromatic heterocycles. The number of hydrogen-bond donors (Lipinski definition) is 1. The fraction of sp³-hybridized carbons (Fsp3) is 0.423. The third-order valence-corrected chi connectivity index (χ3v) is 6.80. The SMILES string of the molecule is O=C(Nc1ccccc1)C1CCN(C(=O)CN2CCCN(C(=O)c3cccc(Cl)c3)CC2)CC1. The number of amides is 3. The molecule has 0 aliphatic carbocycles. The second-order valence-corrected chi connectivity index (χ2v) is 9.38. The van der Waals surface area contributed by atoms with E-state index < -0.39 is 0 Å². The van der Waals surface area contributed by atoms with Gasteiger partial charge in [-0.15, -0.1) is 0 Å². The zero-order valence-corrected chi connectivity index (χ0v) is 20.0. The number of nitrogens with one attached hydrogen (secondary N) is 1. The maximum Gasteiger partial charge on any atom is 0.253 e. The Hall–Kier alpha value is -2.90. The molecule has 180 valence electrons. The molecule has 34 heavy (non-hydrogen) atoms. The van der Waals surface area contributed by atoms with Crippen LogP contribution in [-0.2, 0) is 9.59 Å². The third-order valence-electron chi connectivity index (χ3n) is 6.57. The summed E-state index contributed by atoms with van der Waals surface area (Å²) in [5, 5.41) is 3.52. The summed E-state index contributed by atoms with van der Waals surface area (Å²) in [4.78, 5) is 44.1. The molecule has 0 radical (unpaired) electrons. The lowest BCUT2D eigenvalue weighted by atomic mass is 9.95. The molecule has 2 aromatic carbocycles. The molecule has 3 amide bonds. The van der Waals surface area contributed by atoms with Crippen molar-refractivity contribution in [1.29, 1.82) is 0 Å². The molecule has 2 aromatic rings. The van der Waals surface area contributed by atoms with Gasteiger partial charge in [-0.1, -0.05) is 35.9 Å². The average Bonchev–Trinajstić information content (AvgIpc) is 3.10. The lowest BCUT2D eigenvalue weighted by Crippen LogP contribution is -2.46. The molecule has 2 heterocycles. The highest BCUT2D eigenvalue weighted by molar-refractivity contribution is 6.30. The summed E-state index contributed by atoms with van der Waals surface area (Å²) < 4.78 is 0. The van der Waals surface area contributed by atoms with Crippen molar-refractivity contribution in [3.05, 3.63) is 65.2 Å². The van der Waals surface area contributed by atoms with Crippen LogP contribution in [0.4, 0.5) is 5.69 Å². The number of nitrogens with zero attached hydrogens (tertiary/aromatic N) is 3. The van der Waals surface area contributed by atoms with E-state index in [1.165, 1.54) is 0 Å². The molecule has 2 saturated heterocycles. The number of hydrogen-bond acceptors (Lipinski definition) is 4. The van der Waals surface area contributed by atoms with E-state index in [-0.39, 0.29) is 23.6 Å². The van der Waals surface area contributed by atoms with E-state index in [0.717, 1.165) is 18.7 Å². The molecule has 0 saturated carbocycles. The van der Waals surface area contributed by atoms with Crippen molar-refractivity contribution in [3.8, 4) is 0 Å². The van der Waals surface area contributed by atoms with Crippen molar-refractivity contribution < 1.29 is 14.4 Å². The largest absolute Gasteiger partial charge is 0.342 e. The standard InChI is InChI=1S/C26H31ClN4O3/c27-22-7-4-6-21(18-22)26(34)31-13-5-12-29(16-17-31)19-24(32)30-14-10-20(11-15-30)25(33)28-23-8-2-1-3-9-23/h1-4,6-9,18,20H,5,10-17,19H2,(H,28,33). The number of benzene rings is 2. The fourth-order valence-electron chi connectivity index (χ4n) is 4.58. The van der Waals surface area contributed by atoms with Gasteiger partial charge in [-0.25, -0.2) is 0 Å². The first-order chi connectivity index (χ1) is 16.5. The van der Waals surface area contributed by atoms with Crippen LogP contribution in [0.1, 0.15) is 29.6 Å². The van der Waals surface area contributed by atoms with Gasteiger partial charge in [0.1, 0.15) is 0 Å². The molecule has 0 unspecified atom stereocenters. The van der Waals surface area contributed by atoms with Crippen molar-refractivity contribution in [1.82, 2.24) is 14.7 Å². The number of piperidine rings is 1. The fourth-order valence-corrected chi connectivity index (χ4v) is 4.77. The molecule has 2 fully saturated rings. The predicted molar refractivity (Wildman–Crippen MR) is 133 cm³/mol. The number of rotatable bonds is 5. The van der Waals surface area contributed by atoms with Crippen LogP contribution in [0.15, 0.2) is 54.6 Å². The van der Waals surface area contributed by atoms with E-state index in [1.54, 1.807) is 24.3 Å². The number of likely N-dealkylation sites (tertiary alicyclic amines) is 1. The topological polar surface area (TPSA) is 73.0 Å². The highest BCUT2D eigenvalue weighted by atomic mass is 35.5. The third kappa shape index (κ3) is 6.36. The second-order valence-electron chi connectivity index (χ2n) is 8.94. The van der Waals surface area contributed by atoms with Crippen molar-refractivity contribution in [2.45, 2.75) is 19.3 Å². The second kappa shape index (κ2) is 11.5. The smallest absolute Gasteiger partial charge is 0.253 e. The van der Waals surface area contributed by atoms with Gasteiger partial charge in [0.25, 0.3) is 5.91 Å². The van der Waals surface area contributed by atoms with Gasteiger partial charge in [-0.05, 0) is 49.6 Å². The first-order valence-corrected chi connectivity index (χ1v) is 12.3. The highest BCUT2D eigenvalue weighted by Gasteiger charge is 2.29. The summed E-state index contributed by atoms with van der Waals surface area (Å²) in [5.74, 6) is 0.0202. The molecule has 1 N–H and O–H groups in total. The van der Waals surface area contributed by atoms with Crippen molar-refractivity contribution >= 4 is 35.0 Å². The van der Waals surface area contributed by atoms with Crippen LogP contribution in [0, 0.1) is 5.92 Å². The van der Waals surface area contributed by atoms with E-state index in [2.05, 4.69) is 10.2 Å². The molecule has 2 aliphatic heterocycles. The minimum atomic E-state index is -0.0755. The molecule has 4 rings (SSSR count). The molecular formula is C26H31ClN4O3. The van der Waals surface area contributed by atoms with Crippen molar-refractivity contribution in [3.63, 3.8) is 0 Å². The quantitative estimate of drug-likeness (QED) is 0.709. The zero-order valence-electron chi connectivity index (χ0n) is 19.3. The van der Waals surface area contributed by atoms with Crippen molar-refractivity contribution in [2.24, 2.45) is 5.92 Å². The van der Waals surface area contributed by atoms with Gasteiger partial charge >= 0.3 is 0 Å². The molecule has 0 bridgehead atoms. The van der Waals surface area contributed by atoms with Gasteiger partial charge in [0.15, 0.2) is 0 Å². The summed E-state index contributed by atoms with van der Waals surface area (Å²) in [7, 11) is 0. The molecule has 7 nitrogen and oxygen atoms in total. The minimum Gasteiger partial charge on any atom is -0.342 e. The van der Waals surface area contributed by atoms with Crippen LogP contribution in [-0.4, -0.2) is 78.2 Å². The van der Waals surface area contributed by atoms with Crippen LogP contribution in [0.2, 0.25) is 5.02 Å². The number of para-hydroxylation sites is 1. The Morgan fingerprint density at radius 2 is 1.62 bits per heavy atom. The number of anilines is 1. The van der Waals surface area contributed by atoms with Gasteiger partial charge < -0.3 is 15.1 Å². The highest BCUT2D eigenvalue weighted by Crippen LogP contribution is 2.20. The van der Waals surface area contributed by atoms with E-state index >= 15 is 0 Å². The average molecular weight is 483 g/mol. The van der Waals surface area contributed by atoms with Crippen LogP contribution < -0.4 is 5.32 Å². The van der Waals surface area contributed by atoms with Crippen LogP contribution in [0.5, 0.6) is 0 Å². The van der Waals surface area contributed by atoms with Gasteiger partial charge in [-0.3, -0.25) is 19.3 Å². The van der Waals surface area contributed by atoms with Crippen LogP contribution in [0.3, 0.4) is 0 Å². The van der Waals surface area contributed by atoms with Gasteiger partial charge in [0, 0.05) is 61.5 Å². The Kier molecular flexibility index (Phi) is 8.19. The van der Waals surface area contributed by atoms with E-state index in [0.29, 0.717) is 62.7 Å². The molecule has 2 aliphatic rings. The van der Waals surface area contributed by atoms with E-state index in [1.807, 2.05) is 40.1 Å². The van der Waals surface area contributed by atoms with Gasteiger partial charge in [0.05, 0.1) is 6.54 Å². The Morgan fingerprint density at radius 3 is 2.35 bits per heavy atom. The Bertz CT molecular complexity index is 1010. The zero-order chi connectivity index (χ0) is 23.9. The molecular weight excluding hydrogens is 452 g/mol. The number of carbonyl (C=O) groups excluding carboxylic acids is 3. The van der Waals surface area contributed by atoms with E-state index in [9.17, 15) is 14.4 Å². The Labute approximate surface area is 205 Å². The normalized spacial score (nSPS) is 17.8. The van der Waals surface area contributed by atoms with Crippen molar-refractivity contribution in [2.75, 3.05) is 51.1 Å². The maximum atomic E-state index is 12.9. The first kappa shape index (κ1) is 24.2.